The molecule has 1 aromatic carbocycles. The van der Waals surface area contributed by atoms with E-state index in [1.165, 1.54) is 7.11 Å². The minimum absolute atomic E-state index is 0.0157. The van der Waals surface area contributed by atoms with Crippen molar-refractivity contribution in [2.45, 2.75) is 24.7 Å². The van der Waals surface area contributed by atoms with Crippen LogP contribution in [0.25, 0.3) is 0 Å². The molecular weight excluding hydrogens is 455 g/mol. The predicted molar refractivity (Wildman–Crippen MR) is 121 cm³/mol. The second-order valence-electron chi connectivity index (χ2n) is 6.87. The molecule has 1 atom stereocenters. The molecular formula is C22H22F3N5O2S. The molecule has 1 unspecified atom stereocenters. The van der Waals surface area contributed by atoms with Crippen molar-refractivity contribution in [3.05, 3.63) is 70.9 Å². The molecule has 3 N–H and O–H groups in total. The molecule has 0 saturated carbocycles. The van der Waals surface area contributed by atoms with Crippen molar-refractivity contribution < 1.29 is 22.1 Å². The topological polar surface area (TPSA) is 100.0 Å². The fourth-order valence-electron chi connectivity index (χ4n) is 3.13. The largest absolute Gasteiger partial charge is 0.480 e. The number of aromatic nitrogens is 2. The molecule has 7 nitrogen and oxygen atoms in total. The summed E-state index contributed by atoms with van der Waals surface area (Å²) in [6.07, 6.45) is 3.88. The van der Waals surface area contributed by atoms with E-state index >= 15 is 4.39 Å². The molecule has 0 aliphatic carbocycles. The summed E-state index contributed by atoms with van der Waals surface area (Å²) in [7, 11) is -0.830. The fraction of sp³-hybridized carbons (Fsp3) is 0.227. The Labute approximate surface area is 191 Å². The highest BCUT2D eigenvalue weighted by molar-refractivity contribution is 7.86. The first kappa shape index (κ1) is 24.2. The standard InChI is InChI=1S/C22H22F3N5O2S/c1-3-27-18-8-13(11-28-19(18)10-26)4-5-15-16(24)6-7-17(21(15)25)30-33(31)20-9-14(23)12-29-22(20)32-2/h6-12,26-27,30H,3-5H2,1-2H3. The molecule has 0 fully saturated rings. The fourth-order valence-corrected chi connectivity index (χ4v) is 4.11. The Kier molecular flexibility index (Phi) is 7.99. The third-order valence-electron chi connectivity index (χ3n) is 4.71. The zero-order chi connectivity index (χ0) is 24.0. The molecule has 11 heteroatoms. The van der Waals surface area contributed by atoms with Gasteiger partial charge in [-0.1, -0.05) is 0 Å². The summed E-state index contributed by atoms with van der Waals surface area (Å²) < 4.78 is 63.1. The molecule has 0 saturated heterocycles. The third-order valence-corrected chi connectivity index (χ3v) is 5.81. The number of ether oxygens (including phenoxy) is 1. The summed E-state index contributed by atoms with van der Waals surface area (Å²) in [4.78, 5) is 7.78. The van der Waals surface area contributed by atoms with Crippen LogP contribution in [0.4, 0.5) is 24.5 Å². The molecule has 3 rings (SSSR count). The zero-order valence-electron chi connectivity index (χ0n) is 17.9. The third kappa shape index (κ3) is 5.67. The number of rotatable bonds is 10. The number of anilines is 2. The Bertz CT molecular complexity index is 1190. The maximum Gasteiger partial charge on any atom is 0.231 e. The molecule has 2 aromatic heterocycles. The number of nitrogens with one attached hydrogen (secondary N) is 3. The second kappa shape index (κ2) is 10.9. The first-order chi connectivity index (χ1) is 15.9. The number of pyridine rings is 2. The van der Waals surface area contributed by atoms with Gasteiger partial charge >= 0.3 is 0 Å². The van der Waals surface area contributed by atoms with Crippen molar-refractivity contribution in [3.8, 4) is 5.88 Å². The first-order valence-electron chi connectivity index (χ1n) is 9.96. The smallest absolute Gasteiger partial charge is 0.231 e. The highest BCUT2D eigenvalue weighted by atomic mass is 32.2. The highest BCUT2D eigenvalue weighted by Gasteiger charge is 2.19. The summed E-state index contributed by atoms with van der Waals surface area (Å²) in [5.74, 6) is -2.46. The molecule has 0 spiro atoms. The second-order valence-corrected chi connectivity index (χ2v) is 8.05. The van der Waals surface area contributed by atoms with Crippen LogP contribution in [-0.4, -0.2) is 34.0 Å². The maximum atomic E-state index is 15.1. The van der Waals surface area contributed by atoms with Crippen LogP contribution in [-0.2, 0) is 23.8 Å². The summed E-state index contributed by atoms with van der Waals surface area (Å²) in [6.45, 7) is 2.54. The number of benzene rings is 1. The van der Waals surface area contributed by atoms with Gasteiger partial charge in [0.05, 0.1) is 24.7 Å². The molecule has 0 aliphatic rings. The van der Waals surface area contributed by atoms with E-state index in [-0.39, 0.29) is 34.9 Å². The van der Waals surface area contributed by atoms with Gasteiger partial charge in [0.25, 0.3) is 0 Å². The Balaban J connectivity index is 1.82. The Morgan fingerprint density at radius 3 is 2.61 bits per heavy atom. The summed E-state index contributed by atoms with van der Waals surface area (Å²) in [6, 6.07) is 4.94. The van der Waals surface area contributed by atoms with E-state index in [0.29, 0.717) is 17.9 Å². The molecule has 0 bridgehead atoms. The highest BCUT2D eigenvalue weighted by Crippen LogP contribution is 2.27. The summed E-state index contributed by atoms with van der Waals surface area (Å²) in [5, 5.41) is 10.5. The Morgan fingerprint density at radius 2 is 1.91 bits per heavy atom. The van der Waals surface area contributed by atoms with Crippen LogP contribution in [0.5, 0.6) is 5.88 Å². The zero-order valence-corrected chi connectivity index (χ0v) is 18.7. The van der Waals surface area contributed by atoms with Crippen LogP contribution in [0.2, 0.25) is 0 Å². The first-order valence-corrected chi connectivity index (χ1v) is 11.1. The van der Waals surface area contributed by atoms with E-state index in [1.54, 1.807) is 12.3 Å². The van der Waals surface area contributed by atoms with E-state index < -0.39 is 28.4 Å². The minimum atomic E-state index is -2.11. The normalized spacial score (nSPS) is 11.7. The summed E-state index contributed by atoms with van der Waals surface area (Å²) >= 11 is 0. The van der Waals surface area contributed by atoms with Gasteiger partial charge in [0.2, 0.25) is 5.88 Å². The van der Waals surface area contributed by atoms with Crippen LogP contribution < -0.4 is 14.8 Å². The lowest BCUT2D eigenvalue weighted by molar-refractivity contribution is 0.383. The minimum Gasteiger partial charge on any atom is -0.480 e. The number of hydrogen-bond acceptors (Lipinski definition) is 6. The Morgan fingerprint density at radius 1 is 1.12 bits per heavy atom. The summed E-state index contributed by atoms with van der Waals surface area (Å²) in [5.41, 5.74) is 1.46. The molecule has 0 amide bonds. The Hall–Kier alpha value is -3.47. The van der Waals surface area contributed by atoms with Gasteiger partial charge in [-0.2, -0.15) is 0 Å². The van der Waals surface area contributed by atoms with Crippen molar-refractivity contribution in [3.63, 3.8) is 0 Å². The lowest BCUT2D eigenvalue weighted by Gasteiger charge is -2.13. The number of hydrogen-bond donors (Lipinski definition) is 3. The number of aryl methyl sites for hydroxylation is 1. The van der Waals surface area contributed by atoms with Crippen molar-refractivity contribution in [1.82, 2.24) is 9.97 Å². The average molecular weight is 478 g/mol. The van der Waals surface area contributed by atoms with Crippen LogP contribution in [0, 0.1) is 22.9 Å². The molecule has 33 heavy (non-hydrogen) atoms. The predicted octanol–water partition coefficient (Wildman–Crippen LogP) is 4.25. The van der Waals surface area contributed by atoms with E-state index in [2.05, 4.69) is 20.0 Å². The number of methoxy groups -OCH3 is 1. The SMILES string of the molecule is CCNc1cc(CCc2c(F)ccc(NS(=O)c3cc(F)cnc3OC)c2F)cnc1C=N. The lowest BCUT2D eigenvalue weighted by atomic mass is 10.0. The molecule has 0 radical (unpaired) electrons. The maximum absolute atomic E-state index is 15.1. The van der Waals surface area contributed by atoms with Crippen LogP contribution in [0.3, 0.4) is 0 Å². The van der Waals surface area contributed by atoms with Gasteiger partial charge in [0, 0.05) is 24.5 Å². The number of halogens is 3. The molecule has 3 aromatic rings. The van der Waals surface area contributed by atoms with Gasteiger partial charge in [0.1, 0.15) is 22.2 Å². The van der Waals surface area contributed by atoms with Gasteiger partial charge in [-0.05, 0) is 49.6 Å². The quantitative estimate of drug-likeness (QED) is 0.379. The van der Waals surface area contributed by atoms with Crippen LogP contribution in [0.1, 0.15) is 23.7 Å². The van der Waals surface area contributed by atoms with Crippen molar-refractivity contribution in [1.29, 1.82) is 5.41 Å². The van der Waals surface area contributed by atoms with Crippen molar-refractivity contribution >= 4 is 28.6 Å². The van der Waals surface area contributed by atoms with Gasteiger partial charge in [0.15, 0.2) is 16.8 Å². The van der Waals surface area contributed by atoms with Gasteiger partial charge < -0.3 is 15.5 Å². The lowest BCUT2D eigenvalue weighted by Crippen LogP contribution is -2.11. The van der Waals surface area contributed by atoms with Gasteiger partial charge in [-0.15, -0.1) is 0 Å². The van der Waals surface area contributed by atoms with Gasteiger partial charge in [-0.25, -0.2) is 22.4 Å². The van der Waals surface area contributed by atoms with E-state index in [4.69, 9.17) is 10.1 Å². The van der Waals surface area contributed by atoms with Crippen LogP contribution >= 0.6 is 0 Å². The van der Waals surface area contributed by atoms with Crippen LogP contribution in [0.15, 0.2) is 41.6 Å². The van der Waals surface area contributed by atoms with Crippen molar-refractivity contribution in [2.75, 3.05) is 23.7 Å². The van der Waals surface area contributed by atoms with Gasteiger partial charge in [-0.3, -0.25) is 9.71 Å². The number of nitrogens with zero attached hydrogens (tertiary/aromatic N) is 2. The molecule has 174 valence electrons. The van der Waals surface area contributed by atoms with E-state index in [9.17, 15) is 13.0 Å². The monoisotopic (exact) mass is 477 g/mol. The molecule has 2 heterocycles. The molecule has 0 aliphatic heterocycles. The average Bonchev–Trinajstić information content (AvgIpc) is 2.81. The van der Waals surface area contributed by atoms with E-state index in [1.807, 2.05) is 6.92 Å². The van der Waals surface area contributed by atoms with E-state index in [0.717, 1.165) is 36.2 Å². The van der Waals surface area contributed by atoms with Crippen molar-refractivity contribution in [2.24, 2.45) is 0 Å².